The van der Waals surface area contributed by atoms with Crippen molar-refractivity contribution in [3.8, 4) is 5.75 Å². The molecule has 22 heavy (non-hydrogen) atoms. The first-order valence-electron chi connectivity index (χ1n) is 7.33. The lowest BCUT2D eigenvalue weighted by molar-refractivity contribution is 0.126. The van der Waals surface area contributed by atoms with E-state index in [2.05, 4.69) is 4.72 Å². The minimum atomic E-state index is -3.36. The van der Waals surface area contributed by atoms with Crippen molar-refractivity contribution in [1.29, 1.82) is 0 Å². The van der Waals surface area contributed by atoms with E-state index in [1.165, 1.54) is 0 Å². The van der Waals surface area contributed by atoms with E-state index in [9.17, 15) is 8.42 Å². The van der Waals surface area contributed by atoms with E-state index >= 15 is 0 Å². The summed E-state index contributed by atoms with van der Waals surface area (Å²) in [5, 5.41) is -0.468. The third-order valence-corrected chi connectivity index (χ3v) is 5.63. The van der Waals surface area contributed by atoms with Gasteiger partial charge in [-0.2, -0.15) is 0 Å². The molecule has 0 spiro atoms. The van der Waals surface area contributed by atoms with Crippen LogP contribution in [0, 0.1) is 0 Å². The van der Waals surface area contributed by atoms with Crippen molar-refractivity contribution < 1.29 is 22.6 Å². The molecule has 1 aliphatic rings. The summed E-state index contributed by atoms with van der Waals surface area (Å²) in [6.07, 6.45) is 0.289. The highest BCUT2D eigenvalue weighted by atomic mass is 32.2. The maximum Gasteiger partial charge on any atom is 0.217 e. The van der Waals surface area contributed by atoms with Crippen molar-refractivity contribution in [2.45, 2.75) is 31.2 Å². The lowest BCUT2D eigenvalue weighted by Gasteiger charge is -2.16. The highest BCUT2D eigenvalue weighted by molar-refractivity contribution is 7.90. The van der Waals surface area contributed by atoms with Crippen LogP contribution in [0.1, 0.15) is 18.9 Å². The van der Waals surface area contributed by atoms with Crippen LogP contribution in [0.25, 0.3) is 0 Å². The van der Waals surface area contributed by atoms with Crippen molar-refractivity contribution >= 4 is 10.0 Å². The molecule has 0 amide bonds. The zero-order chi connectivity index (χ0) is 16.0. The van der Waals surface area contributed by atoms with Gasteiger partial charge in [0.1, 0.15) is 17.6 Å². The molecule has 0 aromatic heterocycles. The summed E-state index contributed by atoms with van der Waals surface area (Å²) >= 11 is 0. The Morgan fingerprint density at radius 2 is 2.00 bits per heavy atom. The number of hydrogen-bond donors (Lipinski definition) is 1. The standard InChI is InChI=1S/C15H23NO5S/c1-12-15(7-8-20-12)22(17,18)16-11-13-3-5-14(6-4-13)21-10-9-19-2/h3-6,12,15-16H,7-11H2,1-2H3/t12-,15+/m0/s1. The topological polar surface area (TPSA) is 73.9 Å². The minimum Gasteiger partial charge on any atom is -0.491 e. The van der Waals surface area contributed by atoms with Crippen molar-refractivity contribution in [3.05, 3.63) is 29.8 Å². The molecule has 1 aromatic carbocycles. The summed E-state index contributed by atoms with van der Waals surface area (Å²) in [6.45, 7) is 3.58. The molecule has 0 bridgehead atoms. The Kier molecular flexibility index (Phi) is 6.19. The van der Waals surface area contributed by atoms with Crippen LogP contribution in [-0.4, -0.2) is 46.7 Å². The number of rotatable bonds is 8. The third kappa shape index (κ3) is 4.67. The van der Waals surface area contributed by atoms with Crippen LogP contribution < -0.4 is 9.46 Å². The molecule has 1 aliphatic heterocycles. The molecule has 1 N–H and O–H groups in total. The van der Waals surface area contributed by atoms with Crippen LogP contribution in [0.5, 0.6) is 5.75 Å². The summed E-state index contributed by atoms with van der Waals surface area (Å²) in [5.41, 5.74) is 0.884. The molecule has 1 aromatic rings. The molecule has 124 valence electrons. The van der Waals surface area contributed by atoms with E-state index in [1.807, 2.05) is 24.3 Å². The molecule has 1 saturated heterocycles. The number of sulfonamides is 1. The predicted molar refractivity (Wildman–Crippen MR) is 83.4 cm³/mol. The summed E-state index contributed by atoms with van der Waals surface area (Å²) in [6, 6.07) is 7.33. The lowest BCUT2D eigenvalue weighted by Crippen LogP contribution is -2.37. The highest BCUT2D eigenvalue weighted by Crippen LogP contribution is 2.20. The fourth-order valence-electron chi connectivity index (χ4n) is 2.36. The van der Waals surface area contributed by atoms with E-state index in [1.54, 1.807) is 14.0 Å². The van der Waals surface area contributed by atoms with Gasteiger partial charge in [0.2, 0.25) is 10.0 Å². The van der Waals surface area contributed by atoms with Crippen molar-refractivity contribution in [2.24, 2.45) is 0 Å². The van der Waals surface area contributed by atoms with E-state index in [0.29, 0.717) is 26.2 Å². The molecule has 0 saturated carbocycles. The van der Waals surface area contributed by atoms with Gasteiger partial charge in [0, 0.05) is 20.3 Å². The Labute approximate surface area is 131 Å². The monoisotopic (exact) mass is 329 g/mol. The molecule has 1 fully saturated rings. The fourth-order valence-corrected chi connectivity index (χ4v) is 3.93. The summed E-state index contributed by atoms with van der Waals surface area (Å²) in [7, 11) is -1.74. The first-order chi connectivity index (χ1) is 10.5. The van der Waals surface area contributed by atoms with E-state index in [-0.39, 0.29) is 12.6 Å². The highest BCUT2D eigenvalue weighted by Gasteiger charge is 2.35. The second-order valence-corrected chi connectivity index (χ2v) is 7.24. The quantitative estimate of drug-likeness (QED) is 0.728. The predicted octanol–water partition coefficient (Wildman–Crippen LogP) is 1.31. The van der Waals surface area contributed by atoms with Gasteiger partial charge in [0.25, 0.3) is 0 Å². The van der Waals surface area contributed by atoms with Gasteiger partial charge in [-0.05, 0) is 31.0 Å². The average molecular weight is 329 g/mol. The minimum absolute atomic E-state index is 0.255. The van der Waals surface area contributed by atoms with Gasteiger partial charge in [0.05, 0.1) is 12.7 Å². The summed E-state index contributed by atoms with van der Waals surface area (Å²) in [5.74, 6) is 0.737. The smallest absolute Gasteiger partial charge is 0.217 e. The Bertz CT molecular complexity index is 558. The van der Waals surface area contributed by atoms with Crippen LogP contribution in [0.4, 0.5) is 0 Å². The average Bonchev–Trinajstić information content (AvgIpc) is 2.94. The van der Waals surface area contributed by atoms with Gasteiger partial charge < -0.3 is 14.2 Å². The Balaban J connectivity index is 1.86. The first-order valence-corrected chi connectivity index (χ1v) is 8.88. The Hall–Kier alpha value is -1.15. The zero-order valence-corrected chi connectivity index (χ0v) is 13.8. The molecule has 0 radical (unpaired) electrons. The summed E-state index contributed by atoms with van der Waals surface area (Å²) in [4.78, 5) is 0. The second kappa shape index (κ2) is 7.92. The van der Waals surface area contributed by atoms with Crippen molar-refractivity contribution in [1.82, 2.24) is 4.72 Å². The van der Waals surface area contributed by atoms with Crippen LogP contribution >= 0.6 is 0 Å². The number of hydrogen-bond acceptors (Lipinski definition) is 5. The molecular weight excluding hydrogens is 306 g/mol. The number of ether oxygens (including phenoxy) is 3. The van der Waals surface area contributed by atoms with Crippen LogP contribution in [0.15, 0.2) is 24.3 Å². The second-order valence-electron chi connectivity index (χ2n) is 5.25. The molecule has 0 aliphatic carbocycles. The number of methoxy groups -OCH3 is 1. The van der Waals surface area contributed by atoms with Gasteiger partial charge in [-0.25, -0.2) is 13.1 Å². The van der Waals surface area contributed by atoms with Gasteiger partial charge in [-0.3, -0.25) is 0 Å². The SMILES string of the molecule is COCCOc1ccc(CNS(=O)(=O)[C@@H]2CCO[C@H]2C)cc1. The van der Waals surface area contributed by atoms with Crippen molar-refractivity contribution in [2.75, 3.05) is 26.9 Å². The Morgan fingerprint density at radius 3 is 2.59 bits per heavy atom. The van der Waals surface area contributed by atoms with Crippen molar-refractivity contribution in [3.63, 3.8) is 0 Å². The van der Waals surface area contributed by atoms with Crippen LogP contribution in [-0.2, 0) is 26.0 Å². The van der Waals surface area contributed by atoms with Gasteiger partial charge >= 0.3 is 0 Å². The Morgan fingerprint density at radius 1 is 1.27 bits per heavy atom. The molecule has 1 heterocycles. The first kappa shape index (κ1) is 17.2. The summed E-state index contributed by atoms with van der Waals surface area (Å²) < 4.78 is 42.8. The lowest BCUT2D eigenvalue weighted by atomic mass is 10.2. The third-order valence-electron chi connectivity index (χ3n) is 3.66. The number of nitrogens with one attached hydrogen (secondary N) is 1. The molecule has 0 unspecified atom stereocenters. The fraction of sp³-hybridized carbons (Fsp3) is 0.600. The molecule has 7 heteroatoms. The van der Waals surface area contributed by atoms with Gasteiger partial charge in [-0.15, -0.1) is 0 Å². The van der Waals surface area contributed by atoms with E-state index < -0.39 is 15.3 Å². The van der Waals surface area contributed by atoms with Crippen LogP contribution in [0.2, 0.25) is 0 Å². The van der Waals surface area contributed by atoms with Gasteiger partial charge in [0.15, 0.2) is 0 Å². The zero-order valence-electron chi connectivity index (χ0n) is 12.9. The maximum absolute atomic E-state index is 12.2. The molecule has 2 atom stereocenters. The molecule has 6 nitrogen and oxygen atoms in total. The van der Waals surface area contributed by atoms with E-state index in [0.717, 1.165) is 11.3 Å². The largest absolute Gasteiger partial charge is 0.491 e. The number of benzene rings is 1. The van der Waals surface area contributed by atoms with Gasteiger partial charge in [-0.1, -0.05) is 12.1 Å². The normalized spacial score (nSPS) is 21.9. The van der Waals surface area contributed by atoms with E-state index in [4.69, 9.17) is 14.2 Å². The molecule has 2 rings (SSSR count). The molecular formula is C15H23NO5S. The van der Waals surface area contributed by atoms with Crippen LogP contribution in [0.3, 0.4) is 0 Å². The maximum atomic E-state index is 12.2.